The van der Waals surface area contributed by atoms with Gasteiger partial charge >= 0.3 is 0 Å². The van der Waals surface area contributed by atoms with Crippen LogP contribution >= 0.6 is 11.6 Å². The number of hydrogen-bond acceptors (Lipinski definition) is 3. The number of rotatable bonds is 2. The van der Waals surface area contributed by atoms with Crippen molar-refractivity contribution in [2.75, 3.05) is 0 Å². The molecule has 0 atom stereocenters. The Bertz CT molecular complexity index is 369. The van der Waals surface area contributed by atoms with Gasteiger partial charge < -0.3 is 9.15 Å². The molecule has 2 heterocycles. The Hall–Kier alpha value is -1.42. The smallest absolute Gasteiger partial charge is 0.291 e. The number of nitrogens with zero attached hydrogens (tertiary/aromatic N) is 2. The van der Waals surface area contributed by atoms with E-state index in [4.69, 9.17) is 20.8 Å². The molecule has 0 saturated heterocycles. The van der Waals surface area contributed by atoms with E-state index in [0.717, 1.165) is 0 Å². The average molecular weight is 199 g/mol. The van der Waals surface area contributed by atoms with Crippen molar-refractivity contribution in [3.63, 3.8) is 0 Å². The van der Waals surface area contributed by atoms with Crippen molar-refractivity contribution in [2.24, 2.45) is 7.05 Å². The summed E-state index contributed by atoms with van der Waals surface area (Å²) in [5.74, 6) is 0.978. The molecule has 13 heavy (non-hydrogen) atoms. The maximum Gasteiger partial charge on any atom is 0.291 e. The van der Waals surface area contributed by atoms with Gasteiger partial charge in [0.25, 0.3) is 5.95 Å². The summed E-state index contributed by atoms with van der Waals surface area (Å²) in [5.41, 5.74) is 0. The normalized spacial score (nSPS) is 10.3. The Morgan fingerprint density at radius 3 is 2.92 bits per heavy atom. The van der Waals surface area contributed by atoms with Crippen LogP contribution in [0.25, 0.3) is 0 Å². The van der Waals surface area contributed by atoms with Gasteiger partial charge in [-0.2, -0.15) is 5.10 Å². The zero-order valence-electron chi connectivity index (χ0n) is 6.90. The van der Waals surface area contributed by atoms with E-state index in [-0.39, 0.29) is 0 Å². The summed E-state index contributed by atoms with van der Waals surface area (Å²) in [6.45, 7) is 0. The Morgan fingerprint density at radius 2 is 2.38 bits per heavy atom. The quantitative estimate of drug-likeness (QED) is 0.744. The molecule has 0 unspecified atom stereocenters. The topological polar surface area (TPSA) is 40.2 Å². The lowest BCUT2D eigenvalue weighted by atomic mass is 10.6. The maximum absolute atomic E-state index is 5.56. The minimum absolute atomic E-state index is 0.305. The molecule has 0 fully saturated rings. The van der Waals surface area contributed by atoms with E-state index < -0.39 is 0 Å². The van der Waals surface area contributed by atoms with E-state index in [1.165, 1.54) is 0 Å². The number of hydrogen-bond donors (Lipinski definition) is 0. The molecule has 2 aromatic rings. The van der Waals surface area contributed by atoms with Crippen molar-refractivity contribution in [1.29, 1.82) is 0 Å². The molecule has 0 saturated carbocycles. The molecule has 0 aliphatic rings. The molecule has 0 aliphatic carbocycles. The zero-order chi connectivity index (χ0) is 9.26. The first-order chi connectivity index (χ1) is 6.24. The van der Waals surface area contributed by atoms with E-state index >= 15 is 0 Å². The van der Waals surface area contributed by atoms with Crippen LogP contribution in [0.1, 0.15) is 0 Å². The van der Waals surface area contributed by atoms with Gasteiger partial charge in [0.1, 0.15) is 0 Å². The molecule has 0 aliphatic heterocycles. The standard InChI is InChI=1S/C8H7ClN2O2/c1-11-5-6(4-10-11)12-8-3-2-7(9)13-8/h2-5H,1H3. The molecule has 0 amide bonds. The van der Waals surface area contributed by atoms with Crippen LogP contribution in [0.5, 0.6) is 11.7 Å². The van der Waals surface area contributed by atoms with E-state index in [9.17, 15) is 0 Å². The molecule has 0 aromatic carbocycles. The highest BCUT2D eigenvalue weighted by Gasteiger charge is 2.03. The van der Waals surface area contributed by atoms with Crippen molar-refractivity contribution in [1.82, 2.24) is 9.78 Å². The summed E-state index contributed by atoms with van der Waals surface area (Å²) in [5, 5.41) is 4.24. The molecular weight excluding hydrogens is 192 g/mol. The van der Waals surface area contributed by atoms with Crippen molar-refractivity contribution in [3.8, 4) is 11.7 Å². The summed E-state index contributed by atoms with van der Waals surface area (Å²) in [6, 6.07) is 3.27. The molecule has 5 heteroatoms. The molecule has 4 nitrogen and oxygen atoms in total. The minimum Gasteiger partial charge on any atom is -0.423 e. The van der Waals surface area contributed by atoms with Crippen LogP contribution in [0, 0.1) is 0 Å². The summed E-state index contributed by atoms with van der Waals surface area (Å²) in [4.78, 5) is 0. The SMILES string of the molecule is Cn1cc(Oc2ccc(Cl)o2)cn1. The second kappa shape index (κ2) is 3.14. The third-order valence-electron chi connectivity index (χ3n) is 1.45. The van der Waals surface area contributed by atoms with E-state index in [1.54, 1.807) is 29.2 Å². The van der Waals surface area contributed by atoms with Crippen LogP contribution < -0.4 is 4.74 Å². The van der Waals surface area contributed by atoms with Gasteiger partial charge in [0.15, 0.2) is 11.0 Å². The second-order valence-corrected chi connectivity index (χ2v) is 2.88. The van der Waals surface area contributed by atoms with Crippen LogP contribution in [0.2, 0.25) is 5.22 Å². The third-order valence-corrected chi connectivity index (χ3v) is 1.65. The average Bonchev–Trinajstić information content (AvgIpc) is 2.62. The van der Waals surface area contributed by atoms with Crippen LogP contribution in [-0.4, -0.2) is 9.78 Å². The minimum atomic E-state index is 0.305. The lowest BCUT2D eigenvalue weighted by Crippen LogP contribution is -1.84. The van der Waals surface area contributed by atoms with E-state index in [0.29, 0.717) is 16.9 Å². The highest BCUT2D eigenvalue weighted by molar-refractivity contribution is 6.28. The van der Waals surface area contributed by atoms with Crippen LogP contribution in [0.4, 0.5) is 0 Å². The number of aromatic nitrogens is 2. The fourth-order valence-electron chi connectivity index (χ4n) is 0.920. The largest absolute Gasteiger partial charge is 0.423 e. The summed E-state index contributed by atoms with van der Waals surface area (Å²) in [7, 11) is 1.81. The predicted octanol–water partition coefficient (Wildman–Crippen LogP) is 2.46. The summed E-state index contributed by atoms with van der Waals surface area (Å²) < 4.78 is 11.9. The first kappa shape index (κ1) is 8.19. The molecule has 0 bridgehead atoms. The first-order valence-electron chi connectivity index (χ1n) is 3.66. The fourth-order valence-corrected chi connectivity index (χ4v) is 1.06. The van der Waals surface area contributed by atoms with Gasteiger partial charge in [-0.15, -0.1) is 0 Å². The van der Waals surface area contributed by atoms with Gasteiger partial charge in [-0.1, -0.05) is 0 Å². The van der Waals surface area contributed by atoms with Crippen molar-refractivity contribution < 1.29 is 9.15 Å². The first-order valence-corrected chi connectivity index (χ1v) is 4.04. The van der Waals surface area contributed by atoms with Gasteiger partial charge in [0.05, 0.1) is 12.4 Å². The predicted molar refractivity (Wildman–Crippen MR) is 47.0 cm³/mol. The van der Waals surface area contributed by atoms with Crippen molar-refractivity contribution in [3.05, 3.63) is 29.7 Å². The molecule has 0 N–H and O–H groups in total. The van der Waals surface area contributed by atoms with Crippen LogP contribution in [0.3, 0.4) is 0 Å². The molecule has 2 rings (SSSR count). The monoisotopic (exact) mass is 198 g/mol. The Morgan fingerprint density at radius 1 is 1.54 bits per heavy atom. The van der Waals surface area contributed by atoms with Crippen LogP contribution in [-0.2, 0) is 7.05 Å². The van der Waals surface area contributed by atoms with Gasteiger partial charge in [-0.25, -0.2) is 0 Å². The summed E-state index contributed by atoms with van der Waals surface area (Å²) in [6.07, 6.45) is 3.33. The highest BCUT2D eigenvalue weighted by atomic mass is 35.5. The van der Waals surface area contributed by atoms with Crippen LogP contribution in [0.15, 0.2) is 28.9 Å². The zero-order valence-corrected chi connectivity index (χ0v) is 7.65. The fraction of sp³-hybridized carbons (Fsp3) is 0.125. The Labute approximate surface area is 79.7 Å². The number of furan rings is 1. The van der Waals surface area contributed by atoms with Gasteiger partial charge in [-0.05, 0) is 11.6 Å². The number of ether oxygens (including phenoxy) is 1. The molecule has 0 radical (unpaired) electrons. The molecular formula is C8H7ClN2O2. The molecule has 2 aromatic heterocycles. The van der Waals surface area contributed by atoms with Gasteiger partial charge in [-0.3, -0.25) is 4.68 Å². The Balaban J connectivity index is 2.14. The highest BCUT2D eigenvalue weighted by Crippen LogP contribution is 2.25. The lowest BCUT2D eigenvalue weighted by Gasteiger charge is -1.94. The number of aryl methyl sites for hydroxylation is 1. The van der Waals surface area contributed by atoms with E-state index in [1.807, 2.05) is 7.05 Å². The Kier molecular flexibility index (Phi) is 1.98. The van der Waals surface area contributed by atoms with E-state index in [2.05, 4.69) is 5.10 Å². The third kappa shape index (κ3) is 1.84. The molecule has 68 valence electrons. The maximum atomic E-state index is 5.56. The second-order valence-electron chi connectivity index (χ2n) is 2.51. The lowest BCUT2D eigenvalue weighted by molar-refractivity contribution is 0.347. The molecule has 0 spiro atoms. The van der Waals surface area contributed by atoms with Crippen molar-refractivity contribution >= 4 is 11.6 Å². The van der Waals surface area contributed by atoms with Gasteiger partial charge in [0, 0.05) is 19.2 Å². The summed E-state index contributed by atoms with van der Waals surface area (Å²) >= 11 is 5.56. The number of halogens is 1. The van der Waals surface area contributed by atoms with Crippen molar-refractivity contribution in [2.45, 2.75) is 0 Å². The van der Waals surface area contributed by atoms with Gasteiger partial charge in [0.2, 0.25) is 0 Å².